The number of hydrogen-bond donors (Lipinski definition) is 0. The highest BCUT2D eigenvalue weighted by atomic mass is 28.4. The molecular formula is C68H70N4O11Si2. The number of carbonyl (C=O) groups is 8. The molecule has 15 nitrogen and oxygen atoms in total. The number of carbonyl (C=O) groups excluding carboxylic acids is 8. The number of likely N-dealkylation sites (N-methyl/N-ethyl adjacent to an activating group) is 1. The van der Waals surface area contributed by atoms with Crippen LogP contribution in [0.5, 0.6) is 23.0 Å². The number of amides is 8. The second kappa shape index (κ2) is 22.7. The maximum atomic E-state index is 14.4. The minimum atomic E-state index is -2.02. The monoisotopic (exact) mass is 1170 g/mol. The second-order valence-electron chi connectivity index (χ2n) is 25.0. The lowest BCUT2D eigenvalue weighted by atomic mass is 9.67. The van der Waals surface area contributed by atoms with Crippen LogP contribution in [0.2, 0.25) is 38.3 Å². The normalized spacial score (nSPS) is 23.9. The average molecular weight is 1180 g/mol. The first-order valence-corrected chi connectivity index (χ1v) is 36.1. The maximum Gasteiger partial charge on any atom is 0.242 e. The van der Waals surface area contributed by atoms with Gasteiger partial charge in [-0.25, -0.2) is 4.90 Å². The van der Waals surface area contributed by atoms with Gasteiger partial charge in [0.2, 0.25) is 47.3 Å². The molecular weight excluding hydrogens is 1100 g/mol. The van der Waals surface area contributed by atoms with Crippen molar-refractivity contribution in [1.29, 1.82) is 0 Å². The number of hydrogen-bond acceptors (Lipinski definition) is 11. The second-order valence-corrected chi connectivity index (χ2v) is 33.9. The van der Waals surface area contributed by atoms with Crippen molar-refractivity contribution in [2.75, 3.05) is 23.4 Å². The molecule has 6 aromatic carbocycles. The Bertz CT molecular complexity index is 3660. The molecule has 0 N–H and O–H groups in total. The smallest absolute Gasteiger partial charge is 0.242 e. The molecule has 8 atom stereocenters. The van der Waals surface area contributed by atoms with E-state index in [0.29, 0.717) is 60.2 Å². The number of unbranched alkanes of at least 4 members (excludes halogenated alkanes) is 1. The van der Waals surface area contributed by atoms with Crippen LogP contribution in [0, 0.1) is 23.7 Å². The molecule has 4 heterocycles. The van der Waals surface area contributed by atoms with E-state index in [1.807, 2.05) is 97.1 Å². The van der Waals surface area contributed by atoms with Gasteiger partial charge < -0.3 is 13.6 Å². The molecule has 4 fully saturated rings. The van der Waals surface area contributed by atoms with E-state index >= 15 is 0 Å². The Morgan fingerprint density at radius 2 is 0.835 bits per heavy atom. The molecule has 6 aliphatic rings. The first kappa shape index (κ1) is 57.3. The summed E-state index contributed by atoms with van der Waals surface area (Å²) < 4.78 is 19.2. The van der Waals surface area contributed by atoms with Gasteiger partial charge in [-0.05, 0) is 176 Å². The third kappa shape index (κ3) is 10.8. The van der Waals surface area contributed by atoms with Gasteiger partial charge in [-0.3, -0.25) is 53.1 Å². The number of rotatable bonds is 18. The third-order valence-electron chi connectivity index (χ3n) is 18.5. The summed E-state index contributed by atoms with van der Waals surface area (Å²) in [4.78, 5) is 115. The van der Waals surface area contributed by atoms with Crippen LogP contribution in [0.1, 0.15) is 97.8 Å². The van der Waals surface area contributed by atoms with Crippen molar-refractivity contribution in [3.8, 4) is 34.1 Å². The molecule has 0 aromatic heterocycles. The van der Waals surface area contributed by atoms with E-state index < -0.39 is 52.1 Å². The van der Waals surface area contributed by atoms with Crippen LogP contribution in [0.15, 0.2) is 146 Å². The van der Waals surface area contributed by atoms with Crippen LogP contribution >= 0.6 is 0 Å². The predicted octanol–water partition coefficient (Wildman–Crippen LogP) is 12.5. The Kier molecular flexibility index (Phi) is 15.3. The Morgan fingerprint density at radius 1 is 0.424 bits per heavy atom. The van der Waals surface area contributed by atoms with E-state index in [1.54, 1.807) is 48.5 Å². The van der Waals surface area contributed by atoms with Crippen LogP contribution in [0.3, 0.4) is 0 Å². The number of anilines is 2. The molecule has 2 aliphatic carbocycles. The fourth-order valence-corrected chi connectivity index (χ4v) is 23.5. The van der Waals surface area contributed by atoms with Gasteiger partial charge in [0.25, 0.3) is 0 Å². The number of fused-ring (bicyclic) bond motifs is 6. The van der Waals surface area contributed by atoms with Crippen LogP contribution in [0.25, 0.3) is 11.1 Å². The van der Waals surface area contributed by atoms with Crippen molar-refractivity contribution in [2.45, 2.75) is 114 Å². The molecule has 85 heavy (non-hydrogen) atoms. The lowest BCUT2D eigenvalue weighted by Gasteiger charge is -2.35. The van der Waals surface area contributed by atoms with E-state index in [0.717, 1.165) is 58.3 Å². The van der Waals surface area contributed by atoms with Gasteiger partial charge in [-0.15, -0.1) is 0 Å². The Hall–Kier alpha value is -8.13. The van der Waals surface area contributed by atoms with Gasteiger partial charge >= 0.3 is 0 Å². The van der Waals surface area contributed by atoms with Crippen LogP contribution in [0.4, 0.5) is 11.4 Å². The summed E-state index contributed by atoms with van der Waals surface area (Å²) in [5.74, 6) is -4.49. The maximum absolute atomic E-state index is 14.4. The van der Waals surface area contributed by atoms with Crippen LogP contribution in [-0.4, -0.2) is 87.3 Å². The van der Waals surface area contributed by atoms with E-state index in [-0.39, 0.29) is 71.9 Å². The van der Waals surface area contributed by atoms with Gasteiger partial charge in [0.05, 0.1) is 46.9 Å². The number of ether oxygens (including phenoxy) is 2. The highest BCUT2D eigenvalue weighted by molar-refractivity contribution is 6.84. The third-order valence-corrected chi connectivity index (χ3v) is 26.1. The quantitative estimate of drug-likeness (QED) is 0.0591. The van der Waals surface area contributed by atoms with Gasteiger partial charge in [0.1, 0.15) is 23.0 Å². The summed E-state index contributed by atoms with van der Waals surface area (Å²) in [5.41, 5.74) is 5.94. The van der Waals surface area contributed by atoms with E-state index in [2.05, 4.69) is 33.1 Å². The summed E-state index contributed by atoms with van der Waals surface area (Å²) >= 11 is 0. The largest absolute Gasteiger partial charge is 0.457 e. The molecule has 0 radical (unpaired) electrons. The fourth-order valence-electron chi connectivity index (χ4n) is 14.5. The zero-order chi connectivity index (χ0) is 59.6. The van der Waals surface area contributed by atoms with Gasteiger partial charge in [-0.2, -0.15) is 0 Å². The first-order chi connectivity index (χ1) is 40.8. The summed E-state index contributed by atoms with van der Waals surface area (Å²) in [6.07, 6.45) is 3.70. The van der Waals surface area contributed by atoms with E-state index in [1.165, 1.54) is 26.6 Å². The zero-order valence-corrected chi connectivity index (χ0v) is 50.8. The molecule has 12 rings (SSSR count). The molecule has 0 spiro atoms. The molecule has 6 aromatic rings. The summed E-state index contributed by atoms with van der Waals surface area (Å²) in [6.45, 7) is 11.6. The average Bonchev–Trinajstić information content (AvgIpc) is 2.90. The number of likely N-dealkylation sites (tertiary alicyclic amines) is 2. The summed E-state index contributed by atoms with van der Waals surface area (Å²) in [5, 5.41) is 0. The van der Waals surface area contributed by atoms with Crippen LogP contribution < -0.4 is 19.3 Å². The number of nitrogens with zero attached hydrogens (tertiary/aromatic N) is 4. The first-order valence-electron chi connectivity index (χ1n) is 29.8. The van der Waals surface area contributed by atoms with Crippen molar-refractivity contribution in [3.05, 3.63) is 168 Å². The molecule has 17 heteroatoms. The van der Waals surface area contributed by atoms with Gasteiger partial charge in [-0.1, -0.05) is 92.6 Å². The van der Waals surface area contributed by atoms with Gasteiger partial charge in [0.15, 0.2) is 16.6 Å². The molecule has 436 valence electrons. The van der Waals surface area contributed by atoms with E-state index in [4.69, 9.17) is 13.6 Å². The molecule has 0 bridgehead atoms. The fraction of sp³-hybridized carbons (Fsp3) is 0.353. The molecule has 4 saturated heterocycles. The highest BCUT2D eigenvalue weighted by Gasteiger charge is 2.57. The SMILES string of the molecule is CCCC[Si](C)(C)O[Si](C)(C)CCCN1C(=O)CC(C2CC3C(=O)N(c4ccc(Oc5ccc(-c6ccc(Oc7ccc(N8C(=O)CC(C9CC%10C(=O)N(C)C(=O)C%10c%10ccccc%109)C8=O)cc7)cc6)cc5)cc4)C(=O)C3c3ccccc32)C1=O. The lowest BCUT2D eigenvalue weighted by Crippen LogP contribution is -2.44. The van der Waals surface area contributed by atoms with Crippen molar-refractivity contribution in [2.24, 2.45) is 23.7 Å². The minimum Gasteiger partial charge on any atom is -0.457 e. The van der Waals surface area contributed by atoms with Crippen molar-refractivity contribution in [3.63, 3.8) is 0 Å². The minimum absolute atomic E-state index is 0.00407. The van der Waals surface area contributed by atoms with E-state index in [9.17, 15) is 38.4 Å². The van der Waals surface area contributed by atoms with Crippen molar-refractivity contribution < 1.29 is 51.9 Å². The molecule has 8 amide bonds. The van der Waals surface area contributed by atoms with Crippen LogP contribution in [-0.2, 0) is 42.5 Å². The summed E-state index contributed by atoms with van der Waals surface area (Å²) in [6, 6.07) is 45.9. The lowest BCUT2D eigenvalue weighted by molar-refractivity contribution is -0.140. The summed E-state index contributed by atoms with van der Waals surface area (Å²) in [7, 11) is -2.31. The Labute approximate surface area is 497 Å². The molecule has 0 saturated carbocycles. The molecule has 4 aliphatic heterocycles. The Morgan fingerprint density at radius 3 is 1.34 bits per heavy atom. The topological polar surface area (TPSA) is 177 Å². The molecule has 8 unspecified atom stereocenters. The Balaban J connectivity index is 0.645. The standard InChI is InChI=1S/C68H70N4O11Si2/c1-7-8-35-84(3,4)83-85(5,6)36-13-34-70-59(73)39-55(64(70)76)53-38-58-62(52-17-12-10-15-50(52)53)68(80)72(66(58)78)44-24-32-48(33-25-44)82-46-28-20-42(21-29-46)41-18-26-45(27-19-41)81-47-30-22-43(23-31-47)71-60(74)40-56(65(71)77)54-37-57-61(67(79)69(2)63(57)75)51-16-11-9-14-49(51)54/h9-12,14-33,53-58,61-62H,7-8,13,34-40H2,1-6H3. The number of benzene rings is 6. The van der Waals surface area contributed by atoms with Gasteiger partial charge in [0, 0.05) is 26.4 Å². The van der Waals surface area contributed by atoms with Crippen molar-refractivity contribution >= 4 is 75.3 Å². The zero-order valence-electron chi connectivity index (χ0n) is 48.8. The highest BCUT2D eigenvalue weighted by Crippen LogP contribution is 2.54. The predicted molar refractivity (Wildman–Crippen MR) is 326 cm³/mol. The van der Waals surface area contributed by atoms with Crippen molar-refractivity contribution in [1.82, 2.24) is 9.80 Å². The number of imide groups is 4.